The Morgan fingerprint density at radius 2 is 2.00 bits per heavy atom. The fraction of sp³-hybridized carbons (Fsp3) is 0.286. The number of hydrogen-bond acceptors (Lipinski definition) is 3. The molecule has 0 aromatic carbocycles. The third kappa shape index (κ3) is 1.65. The number of nitrogens with two attached hydrogens (primary N) is 1. The average Bonchev–Trinajstić information content (AvgIpc) is 2.45. The number of imidazole rings is 1. The largest absolute Gasteiger partial charge is 0.481 e. The summed E-state index contributed by atoms with van der Waals surface area (Å²) in [5.41, 5.74) is 4.10. The van der Waals surface area contributed by atoms with E-state index in [4.69, 9.17) is 10.8 Å². The van der Waals surface area contributed by atoms with Crippen LogP contribution >= 0.6 is 0 Å². The molecule has 5 N–H and O–H groups in total. The molecule has 7 heteroatoms. The lowest BCUT2D eigenvalue weighted by Gasteiger charge is -2.03. The van der Waals surface area contributed by atoms with Gasteiger partial charge in [0.05, 0.1) is 11.6 Å². The summed E-state index contributed by atoms with van der Waals surface area (Å²) >= 11 is 0. The van der Waals surface area contributed by atoms with E-state index < -0.39 is 23.5 Å². The van der Waals surface area contributed by atoms with Crippen LogP contribution in [0.25, 0.3) is 0 Å². The molecule has 14 heavy (non-hydrogen) atoms. The van der Waals surface area contributed by atoms with Crippen LogP contribution in [0, 0.1) is 0 Å². The summed E-state index contributed by atoms with van der Waals surface area (Å²) in [6, 6.07) is 0. The van der Waals surface area contributed by atoms with Gasteiger partial charge >= 0.3 is 11.7 Å². The van der Waals surface area contributed by atoms with Gasteiger partial charge in [-0.1, -0.05) is 0 Å². The second-order valence-electron chi connectivity index (χ2n) is 2.79. The van der Waals surface area contributed by atoms with Crippen LogP contribution in [0.1, 0.15) is 29.0 Å². The van der Waals surface area contributed by atoms with Crippen LogP contribution < -0.4 is 11.4 Å². The molecule has 0 fully saturated rings. The zero-order valence-electron chi connectivity index (χ0n) is 7.33. The molecule has 7 nitrogen and oxygen atoms in total. The highest BCUT2D eigenvalue weighted by Crippen LogP contribution is 2.14. The number of aliphatic carboxylic acids is 1. The maximum atomic E-state index is 10.8. The van der Waals surface area contributed by atoms with E-state index >= 15 is 0 Å². The van der Waals surface area contributed by atoms with Gasteiger partial charge in [0.15, 0.2) is 0 Å². The molecule has 0 saturated carbocycles. The first-order valence-electron chi connectivity index (χ1n) is 3.78. The van der Waals surface area contributed by atoms with E-state index in [1.165, 1.54) is 6.92 Å². The van der Waals surface area contributed by atoms with E-state index in [-0.39, 0.29) is 11.4 Å². The highest BCUT2D eigenvalue weighted by molar-refractivity contribution is 5.93. The zero-order chi connectivity index (χ0) is 10.9. The fourth-order valence-electron chi connectivity index (χ4n) is 1.04. The summed E-state index contributed by atoms with van der Waals surface area (Å²) in [7, 11) is 0. The average molecular weight is 199 g/mol. The highest BCUT2D eigenvalue weighted by Gasteiger charge is 2.22. The van der Waals surface area contributed by atoms with Crippen molar-refractivity contribution in [1.29, 1.82) is 0 Å². The first kappa shape index (κ1) is 10.0. The first-order valence-corrected chi connectivity index (χ1v) is 3.78. The molecule has 0 saturated heterocycles. The van der Waals surface area contributed by atoms with Crippen molar-refractivity contribution in [1.82, 2.24) is 9.97 Å². The molecule has 0 radical (unpaired) electrons. The van der Waals surface area contributed by atoms with E-state index in [9.17, 15) is 14.4 Å². The number of carbonyl (C=O) groups is 2. The standard InChI is InChI=1S/C7H9N3O4/c1-2(6(12)13)3-4(5(8)11)10-7(14)9-3/h2H,1H3,(H2,8,11)(H,12,13)(H2,9,10,14). The maximum Gasteiger partial charge on any atom is 0.323 e. The molecule has 0 bridgehead atoms. The topological polar surface area (TPSA) is 129 Å². The SMILES string of the molecule is CC(C(=O)O)c1[nH]c(=O)[nH]c1C(N)=O. The monoisotopic (exact) mass is 199 g/mol. The Labute approximate surface area is 77.9 Å². The van der Waals surface area contributed by atoms with Gasteiger partial charge in [0.25, 0.3) is 5.91 Å². The Morgan fingerprint density at radius 1 is 1.43 bits per heavy atom. The summed E-state index contributed by atoms with van der Waals surface area (Å²) in [5, 5.41) is 8.66. The van der Waals surface area contributed by atoms with Crippen molar-refractivity contribution in [3.05, 3.63) is 21.9 Å². The third-order valence-electron chi connectivity index (χ3n) is 1.81. The van der Waals surface area contributed by atoms with Gasteiger partial charge in [0.2, 0.25) is 0 Å². The van der Waals surface area contributed by atoms with Crippen LogP contribution in [-0.2, 0) is 4.79 Å². The minimum absolute atomic E-state index is 0.00463. The van der Waals surface area contributed by atoms with Crippen LogP contribution in [0.5, 0.6) is 0 Å². The number of carboxylic acid groups (broad SMARTS) is 1. The molecule has 1 heterocycles. The number of H-pyrrole nitrogens is 2. The molecular weight excluding hydrogens is 190 g/mol. The van der Waals surface area contributed by atoms with Crippen LogP contribution in [0.2, 0.25) is 0 Å². The Kier molecular flexibility index (Phi) is 2.41. The number of hydrogen-bond donors (Lipinski definition) is 4. The quantitative estimate of drug-likeness (QED) is 0.497. The van der Waals surface area contributed by atoms with E-state index in [2.05, 4.69) is 9.97 Å². The Morgan fingerprint density at radius 3 is 2.43 bits per heavy atom. The van der Waals surface area contributed by atoms with Crippen molar-refractivity contribution in [2.75, 3.05) is 0 Å². The smallest absolute Gasteiger partial charge is 0.323 e. The number of amides is 1. The first-order chi connectivity index (χ1) is 6.43. The van der Waals surface area contributed by atoms with Gasteiger partial charge in [-0.2, -0.15) is 0 Å². The second-order valence-corrected chi connectivity index (χ2v) is 2.79. The summed E-state index contributed by atoms with van der Waals surface area (Å²) in [6.45, 7) is 1.34. The zero-order valence-corrected chi connectivity index (χ0v) is 7.33. The summed E-state index contributed by atoms with van der Waals surface area (Å²) in [4.78, 5) is 36.6. The van der Waals surface area contributed by atoms with E-state index in [1.807, 2.05) is 0 Å². The number of nitrogens with one attached hydrogen (secondary N) is 2. The lowest BCUT2D eigenvalue weighted by Crippen LogP contribution is -2.18. The van der Waals surface area contributed by atoms with Crippen molar-refractivity contribution >= 4 is 11.9 Å². The predicted octanol–water partition coefficient (Wildman–Crippen LogP) is -1.01. The highest BCUT2D eigenvalue weighted by atomic mass is 16.4. The Bertz CT molecular complexity index is 430. The molecule has 1 amide bonds. The molecule has 0 aliphatic heterocycles. The van der Waals surface area contributed by atoms with Crippen LogP contribution in [0.3, 0.4) is 0 Å². The lowest BCUT2D eigenvalue weighted by atomic mass is 10.1. The van der Waals surface area contributed by atoms with E-state index in [0.29, 0.717) is 0 Å². The van der Waals surface area contributed by atoms with Gasteiger partial charge in [-0.25, -0.2) is 4.79 Å². The van der Waals surface area contributed by atoms with Gasteiger partial charge in [-0.3, -0.25) is 9.59 Å². The Balaban J connectivity index is 3.26. The third-order valence-corrected chi connectivity index (χ3v) is 1.81. The Hall–Kier alpha value is -2.05. The summed E-state index contributed by atoms with van der Waals surface area (Å²) in [6.07, 6.45) is 0. The van der Waals surface area contributed by atoms with Gasteiger partial charge in [0, 0.05) is 0 Å². The van der Waals surface area contributed by atoms with E-state index in [0.717, 1.165) is 0 Å². The molecule has 76 valence electrons. The molecule has 1 unspecified atom stereocenters. The maximum absolute atomic E-state index is 10.8. The summed E-state index contributed by atoms with van der Waals surface area (Å²) < 4.78 is 0. The minimum Gasteiger partial charge on any atom is -0.481 e. The molecule has 1 aromatic heterocycles. The second kappa shape index (κ2) is 3.36. The number of carboxylic acids is 1. The summed E-state index contributed by atoms with van der Waals surface area (Å²) in [5.74, 6) is -3.01. The molecule has 0 aliphatic rings. The van der Waals surface area contributed by atoms with Crippen molar-refractivity contribution in [2.24, 2.45) is 5.73 Å². The normalized spacial score (nSPS) is 12.4. The van der Waals surface area contributed by atoms with Crippen LogP contribution in [0.4, 0.5) is 0 Å². The molecular formula is C7H9N3O4. The van der Waals surface area contributed by atoms with Crippen molar-refractivity contribution in [3.63, 3.8) is 0 Å². The van der Waals surface area contributed by atoms with Gasteiger partial charge in [0.1, 0.15) is 5.69 Å². The number of aromatic nitrogens is 2. The number of aromatic amines is 2. The molecule has 1 atom stereocenters. The van der Waals surface area contributed by atoms with Crippen LogP contribution in [0.15, 0.2) is 4.79 Å². The van der Waals surface area contributed by atoms with Gasteiger partial charge < -0.3 is 20.8 Å². The van der Waals surface area contributed by atoms with Crippen molar-refractivity contribution < 1.29 is 14.7 Å². The number of carbonyl (C=O) groups excluding carboxylic acids is 1. The molecule has 0 spiro atoms. The minimum atomic E-state index is -1.15. The lowest BCUT2D eigenvalue weighted by molar-refractivity contribution is -0.138. The molecule has 1 aromatic rings. The van der Waals surface area contributed by atoms with E-state index in [1.54, 1.807) is 0 Å². The molecule has 1 rings (SSSR count). The van der Waals surface area contributed by atoms with Crippen molar-refractivity contribution in [3.8, 4) is 0 Å². The van der Waals surface area contributed by atoms with Crippen LogP contribution in [-0.4, -0.2) is 27.0 Å². The predicted molar refractivity (Wildman–Crippen MR) is 46.0 cm³/mol. The van der Waals surface area contributed by atoms with Gasteiger partial charge in [-0.15, -0.1) is 0 Å². The van der Waals surface area contributed by atoms with Crippen molar-refractivity contribution in [2.45, 2.75) is 12.8 Å². The fourth-order valence-corrected chi connectivity index (χ4v) is 1.04. The molecule has 0 aliphatic carbocycles. The van der Waals surface area contributed by atoms with Gasteiger partial charge in [-0.05, 0) is 6.92 Å². The number of rotatable bonds is 3. The number of primary amides is 1.